The molecule has 5 aliphatic rings. The Kier molecular flexibility index (Phi) is 9.85. The zero-order valence-electron chi connectivity index (χ0n) is 28.3. The number of hydrogen-bond donors (Lipinski definition) is 3. The van der Waals surface area contributed by atoms with E-state index in [1.54, 1.807) is 13.8 Å². The molecule has 3 fully saturated rings. The van der Waals surface area contributed by atoms with Gasteiger partial charge in [0.2, 0.25) is 21.8 Å². The van der Waals surface area contributed by atoms with E-state index in [-0.39, 0.29) is 32.4 Å². The van der Waals surface area contributed by atoms with Crippen molar-refractivity contribution in [3.8, 4) is 0 Å². The molecule has 6 rings (SSSR count). The quantitative estimate of drug-likeness (QED) is 0.364. The first-order valence-corrected chi connectivity index (χ1v) is 18.8. The number of carbonyl (C=O) groups is 4. The summed E-state index contributed by atoms with van der Waals surface area (Å²) in [6.45, 7) is 6.76. The number of benzene rings is 1. The zero-order valence-corrected chi connectivity index (χ0v) is 29.1. The zero-order chi connectivity index (χ0) is 36.0. The molecule has 1 saturated heterocycles. The third-order valence-corrected chi connectivity index (χ3v) is 12.2. The van der Waals surface area contributed by atoms with Crippen molar-refractivity contribution in [2.24, 2.45) is 11.8 Å². The molecule has 0 unspecified atom stereocenters. The van der Waals surface area contributed by atoms with E-state index in [0.717, 1.165) is 16.7 Å². The minimum atomic E-state index is -3.92. The summed E-state index contributed by atoms with van der Waals surface area (Å²) >= 11 is 0. The number of allylic oxidation sites excluding steroid dienone is 1. The van der Waals surface area contributed by atoms with Crippen LogP contribution in [-0.4, -0.2) is 90.0 Å². The Labute approximate surface area is 291 Å². The van der Waals surface area contributed by atoms with Crippen LogP contribution < -0.4 is 15.4 Å². The fraction of sp³-hybridized carbons (Fsp3) is 0.600. The van der Waals surface area contributed by atoms with Crippen molar-refractivity contribution in [1.82, 2.24) is 25.2 Å². The average molecular weight is 718 g/mol. The normalized spacial score (nSPS) is 29.9. The van der Waals surface area contributed by atoms with Crippen molar-refractivity contribution in [1.29, 1.82) is 0 Å². The summed E-state index contributed by atoms with van der Waals surface area (Å²) in [6, 6.07) is 3.36. The summed E-state index contributed by atoms with van der Waals surface area (Å²) in [5, 5.41) is 4.77. The molecule has 0 radical (unpaired) electrons. The van der Waals surface area contributed by atoms with Crippen molar-refractivity contribution in [2.75, 3.05) is 13.1 Å². The van der Waals surface area contributed by atoms with Crippen LogP contribution in [0.5, 0.6) is 0 Å². The molecule has 2 aliphatic carbocycles. The van der Waals surface area contributed by atoms with Gasteiger partial charge in [-0.05, 0) is 54.7 Å². The van der Waals surface area contributed by atoms with Gasteiger partial charge in [-0.2, -0.15) is 0 Å². The van der Waals surface area contributed by atoms with Crippen molar-refractivity contribution in [3.05, 3.63) is 53.6 Å². The molecule has 1 aromatic carbocycles. The van der Waals surface area contributed by atoms with Crippen LogP contribution in [0.1, 0.15) is 75.5 Å². The van der Waals surface area contributed by atoms with E-state index in [9.17, 15) is 27.6 Å². The molecule has 2 saturated carbocycles. The van der Waals surface area contributed by atoms with Crippen molar-refractivity contribution in [2.45, 2.75) is 107 Å². The lowest BCUT2D eigenvalue weighted by Gasteiger charge is -2.32. The standard InChI is InChI=1S/C35H45F2N5O7S/c1-4-24-16-35(24,32(45)40-50(47,48)26-12-13-26)39-30(43)28-15-25-18-42(28)31(44)29(21(2)3)38-20-34(36,37)14-7-5-6-9-22-10-8-11-23-17-41(19-27(22)23)33(46)49-25/h4,6,8-11,21,24-26,28-29,38H,1,5,7,12-20H2,2-3H3,(H,39,43)(H,40,45)/t24-,25-,28+,29+,35-/m1/s1. The molecule has 3 aliphatic heterocycles. The van der Waals surface area contributed by atoms with Gasteiger partial charge < -0.3 is 15.0 Å². The van der Waals surface area contributed by atoms with Gasteiger partial charge >= 0.3 is 6.09 Å². The molecule has 3 heterocycles. The highest BCUT2D eigenvalue weighted by molar-refractivity contribution is 7.91. The number of halogens is 2. The summed E-state index contributed by atoms with van der Waals surface area (Å²) in [4.78, 5) is 57.8. The molecular formula is C35H45F2N5O7S. The molecule has 1 aromatic rings. The maximum atomic E-state index is 15.1. The molecule has 0 aromatic heterocycles. The van der Waals surface area contributed by atoms with E-state index in [0.29, 0.717) is 25.8 Å². The van der Waals surface area contributed by atoms with E-state index in [1.165, 1.54) is 15.9 Å². The maximum Gasteiger partial charge on any atom is 0.410 e. The molecular weight excluding hydrogens is 672 g/mol. The molecule has 4 amide bonds. The van der Waals surface area contributed by atoms with Crippen LogP contribution >= 0.6 is 0 Å². The minimum Gasteiger partial charge on any atom is -0.444 e. The number of amides is 4. The second-order valence-corrected chi connectivity index (χ2v) is 16.5. The fourth-order valence-electron chi connectivity index (χ4n) is 7.17. The van der Waals surface area contributed by atoms with Crippen LogP contribution in [0.15, 0.2) is 36.9 Å². The number of nitrogens with zero attached hydrogens (tertiary/aromatic N) is 2. The molecule has 15 heteroatoms. The highest BCUT2D eigenvalue weighted by Gasteiger charge is 2.62. The first-order valence-electron chi connectivity index (χ1n) is 17.3. The number of rotatable bonds is 7. The van der Waals surface area contributed by atoms with Gasteiger partial charge in [0.1, 0.15) is 17.7 Å². The van der Waals surface area contributed by atoms with E-state index >= 15 is 8.78 Å². The van der Waals surface area contributed by atoms with Crippen LogP contribution in [0.4, 0.5) is 13.6 Å². The summed E-state index contributed by atoms with van der Waals surface area (Å²) < 4.78 is 63.3. The van der Waals surface area contributed by atoms with Crippen LogP contribution in [0.3, 0.4) is 0 Å². The van der Waals surface area contributed by atoms with Crippen molar-refractivity contribution < 1.29 is 41.1 Å². The molecule has 272 valence electrons. The number of sulfonamides is 1. The number of hydrogen-bond acceptors (Lipinski definition) is 8. The van der Waals surface area contributed by atoms with Gasteiger partial charge in [0, 0.05) is 25.3 Å². The van der Waals surface area contributed by atoms with Gasteiger partial charge in [-0.25, -0.2) is 22.0 Å². The van der Waals surface area contributed by atoms with Gasteiger partial charge in [-0.15, -0.1) is 6.58 Å². The lowest BCUT2D eigenvalue weighted by Crippen LogP contribution is -2.59. The Balaban J connectivity index is 1.27. The van der Waals surface area contributed by atoms with Gasteiger partial charge in [0.05, 0.1) is 30.9 Å². The third-order valence-electron chi connectivity index (χ3n) is 10.4. The SMILES string of the molecule is C=C[C@@H]1C[C@]1(NC(=O)[C@@H]1C[C@@H]2CN1C(=O)[C@H](C(C)C)NCC(F)(F)CCCC=Cc1cccc3c1CN(C3)C(=O)O2)C(=O)NS(=O)(=O)C1CC1. The number of fused-ring (bicyclic) bond motifs is 3. The van der Waals surface area contributed by atoms with Crippen molar-refractivity contribution in [3.63, 3.8) is 0 Å². The minimum absolute atomic E-state index is 0.102. The van der Waals surface area contributed by atoms with Crippen LogP contribution in [0, 0.1) is 11.8 Å². The Hall–Kier alpha value is -3.85. The maximum absolute atomic E-state index is 15.1. The van der Waals surface area contributed by atoms with Crippen LogP contribution in [-0.2, 0) is 42.2 Å². The second-order valence-electron chi connectivity index (χ2n) is 14.5. The highest BCUT2D eigenvalue weighted by atomic mass is 32.2. The molecule has 5 atom stereocenters. The van der Waals surface area contributed by atoms with Gasteiger partial charge in [0.25, 0.3) is 11.8 Å². The van der Waals surface area contributed by atoms with E-state index in [4.69, 9.17) is 4.74 Å². The fourth-order valence-corrected chi connectivity index (χ4v) is 8.53. The topological polar surface area (TPSA) is 154 Å². The number of carbonyl (C=O) groups excluding carboxylic acids is 4. The summed E-state index contributed by atoms with van der Waals surface area (Å²) in [5.74, 6) is -6.38. The second kappa shape index (κ2) is 13.7. The van der Waals surface area contributed by atoms with E-state index in [2.05, 4.69) is 21.9 Å². The Bertz CT molecular complexity index is 1700. The first-order chi connectivity index (χ1) is 23.6. The Morgan fingerprint density at radius 3 is 2.62 bits per heavy atom. The monoisotopic (exact) mass is 717 g/mol. The first kappa shape index (κ1) is 36.0. The summed E-state index contributed by atoms with van der Waals surface area (Å²) in [7, 11) is -3.92. The summed E-state index contributed by atoms with van der Waals surface area (Å²) in [5.41, 5.74) is 1.16. The Morgan fingerprint density at radius 2 is 1.94 bits per heavy atom. The molecule has 12 nitrogen and oxygen atoms in total. The van der Waals surface area contributed by atoms with E-state index < -0.39 is 93.5 Å². The van der Waals surface area contributed by atoms with Gasteiger partial charge in [-0.3, -0.25) is 29.3 Å². The third kappa shape index (κ3) is 7.43. The number of nitrogens with one attached hydrogen (secondary N) is 3. The molecule has 0 spiro atoms. The van der Waals surface area contributed by atoms with Crippen LogP contribution in [0.2, 0.25) is 0 Å². The molecule has 3 N–H and O–H groups in total. The smallest absolute Gasteiger partial charge is 0.410 e. The number of ether oxygens (including phenoxy) is 1. The van der Waals surface area contributed by atoms with Crippen molar-refractivity contribution >= 4 is 39.9 Å². The van der Waals surface area contributed by atoms with E-state index in [1.807, 2.05) is 30.4 Å². The lowest BCUT2D eigenvalue weighted by atomic mass is 10.0. The van der Waals surface area contributed by atoms with Crippen LogP contribution in [0.25, 0.3) is 6.08 Å². The molecule has 50 heavy (non-hydrogen) atoms. The van der Waals surface area contributed by atoms with Gasteiger partial charge in [0.15, 0.2) is 0 Å². The average Bonchev–Trinajstić information content (AvgIpc) is 3.94. The van der Waals surface area contributed by atoms with Gasteiger partial charge in [-0.1, -0.05) is 50.3 Å². The predicted octanol–water partition coefficient (Wildman–Crippen LogP) is 3.22. The largest absolute Gasteiger partial charge is 0.444 e. The summed E-state index contributed by atoms with van der Waals surface area (Å²) in [6.07, 6.45) is 4.75. The highest BCUT2D eigenvalue weighted by Crippen LogP contribution is 2.45. The lowest BCUT2D eigenvalue weighted by molar-refractivity contribution is -0.142. The Morgan fingerprint density at radius 1 is 1.18 bits per heavy atom. The number of alkyl halides is 2. The molecule has 4 bridgehead atoms. The predicted molar refractivity (Wildman–Crippen MR) is 180 cm³/mol.